The van der Waals surface area contributed by atoms with Crippen LogP contribution in [-0.2, 0) is 52.5 Å². The molecule has 0 spiro atoms. The molecule has 4 aromatic rings. The van der Waals surface area contributed by atoms with Gasteiger partial charge in [0.25, 0.3) is 14.1 Å². The first kappa shape index (κ1) is 56.0. The van der Waals surface area contributed by atoms with E-state index in [0.717, 1.165) is 21.3 Å². The molecule has 0 bridgehead atoms. The lowest BCUT2D eigenvalue weighted by Crippen LogP contribution is -2.46. The van der Waals surface area contributed by atoms with Crippen LogP contribution in [0.15, 0.2) is 101 Å². The van der Waals surface area contributed by atoms with Gasteiger partial charge >= 0.3 is 11.8 Å². The molecule has 0 radical (unpaired) electrons. The molecule has 2 aliphatic rings. The molecular weight excluding hydrogens is 954 g/mol. The van der Waals surface area contributed by atoms with Gasteiger partial charge in [0.15, 0.2) is 12.3 Å². The Morgan fingerprint density at radius 2 is 1.38 bits per heavy atom. The highest BCUT2D eigenvalue weighted by atomic mass is 31.2. The molecule has 0 saturated carbocycles. The van der Waals surface area contributed by atoms with Crippen LogP contribution >= 0.6 is 8.53 Å². The normalized spacial score (nSPS) is 21.1. The number of amides is 1. The van der Waals surface area contributed by atoms with E-state index in [-0.39, 0.29) is 64.7 Å². The maximum absolute atomic E-state index is 14.3. The Kier molecular flexibility index (Phi) is 22.4. The first-order valence-corrected chi connectivity index (χ1v) is 25.2. The molecule has 2 saturated heterocycles. The second kappa shape index (κ2) is 28.8. The fourth-order valence-electron chi connectivity index (χ4n) is 8.30. The molecule has 1 amide bonds. The van der Waals surface area contributed by atoms with Crippen molar-refractivity contribution in [1.82, 2.24) is 19.5 Å². The number of rotatable bonds is 20. The van der Waals surface area contributed by atoms with Crippen molar-refractivity contribution < 1.29 is 61.2 Å². The van der Waals surface area contributed by atoms with Crippen LogP contribution in [-0.4, -0.2) is 150 Å². The fourth-order valence-corrected chi connectivity index (χ4v) is 10.1. The maximum Gasteiger partial charge on any atom is 0.407 e. The van der Waals surface area contributed by atoms with Crippen molar-refractivity contribution in [1.29, 1.82) is 5.26 Å². The molecule has 3 heterocycles. The molecule has 2 fully saturated rings. The van der Waals surface area contributed by atoms with Crippen LogP contribution in [0.5, 0.6) is 11.5 Å². The summed E-state index contributed by atoms with van der Waals surface area (Å²) >= 11 is 0. The Bertz CT molecular complexity index is 2310. The molecule has 3 aromatic carbocycles. The summed E-state index contributed by atoms with van der Waals surface area (Å²) in [4.78, 5) is 42.8. The fraction of sp³-hybridized carbons (Fsp3) is 0.529. The first-order valence-electron chi connectivity index (χ1n) is 24.1. The van der Waals surface area contributed by atoms with Crippen LogP contribution in [0.1, 0.15) is 57.0 Å². The van der Waals surface area contributed by atoms with Gasteiger partial charge in [-0.2, -0.15) is 5.26 Å². The Hall–Kier alpha value is -5.27. The number of hydrogen-bond donors (Lipinski definition) is 2. The molecular formula is C51H68N5O15P. The smallest absolute Gasteiger partial charge is 0.407 e. The minimum atomic E-state index is -2.03. The van der Waals surface area contributed by atoms with Crippen molar-refractivity contribution >= 4 is 14.6 Å². The number of ether oxygens (including phenoxy) is 10. The van der Waals surface area contributed by atoms with Gasteiger partial charge in [0.05, 0.1) is 105 Å². The lowest BCUT2D eigenvalue weighted by Gasteiger charge is -2.39. The number of hydrogen-bond acceptors (Lipinski definition) is 17. The van der Waals surface area contributed by atoms with Crippen molar-refractivity contribution in [3.63, 3.8) is 0 Å². The zero-order valence-electron chi connectivity index (χ0n) is 41.8. The van der Waals surface area contributed by atoms with E-state index in [1.165, 1.54) is 12.3 Å². The Morgan fingerprint density at radius 3 is 1.93 bits per heavy atom. The first-order chi connectivity index (χ1) is 35.0. The van der Waals surface area contributed by atoms with Gasteiger partial charge in [-0.15, -0.1) is 0 Å². The number of nitriles is 1. The standard InChI is InChI=1S/C51H68N5O15P/c1-36(2)56(37(3)4)72(68-24-10-22-52)71-46-44(35-67-51(38-11-8-7-9-12-38,39-13-17-41(60-5)18-14-39)40-15-19-42(61-6)20-16-40)69-48(55-23-21-45(57)54-49(55)58)47(46)70-50(59)53-33-43-34-65-30-29-63-26-25-62-27-28-64-31-32-66-43/h7-9,11-21,23,36-37,43-44,46-48H,10,24-35H2,1-6H3,(H,53,59)(H,54,57,58)/t43?,44-,46-,47-,48-,72?/m1/s1. The van der Waals surface area contributed by atoms with Crippen LogP contribution in [0, 0.1) is 11.3 Å². The predicted molar refractivity (Wildman–Crippen MR) is 265 cm³/mol. The lowest BCUT2D eigenvalue weighted by atomic mass is 9.80. The number of aromatic nitrogens is 2. The molecule has 20 nitrogen and oxygen atoms in total. The Labute approximate surface area is 421 Å². The quantitative estimate of drug-likeness (QED) is 0.0617. The average molecular weight is 1020 g/mol. The van der Waals surface area contributed by atoms with E-state index in [2.05, 4.69) is 16.4 Å². The number of nitrogens with one attached hydrogen (secondary N) is 2. The predicted octanol–water partition coefficient (Wildman–Crippen LogP) is 5.68. The number of carbonyl (C=O) groups excluding carboxylic acids is 1. The second-order valence-corrected chi connectivity index (χ2v) is 18.6. The minimum Gasteiger partial charge on any atom is -0.497 e. The molecule has 2 N–H and O–H groups in total. The lowest BCUT2D eigenvalue weighted by molar-refractivity contribution is -0.0949. The van der Waals surface area contributed by atoms with E-state index in [1.807, 2.05) is 111 Å². The summed E-state index contributed by atoms with van der Waals surface area (Å²) in [5.41, 5.74) is -0.574. The number of carbonyl (C=O) groups is 1. The Morgan fingerprint density at radius 1 is 0.806 bits per heavy atom. The molecule has 392 valence electrons. The molecule has 72 heavy (non-hydrogen) atoms. The minimum absolute atomic E-state index is 0.0299. The van der Waals surface area contributed by atoms with Gasteiger partial charge in [-0.3, -0.25) is 14.3 Å². The molecule has 0 aliphatic carbocycles. The zero-order chi connectivity index (χ0) is 51.3. The number of benzene rings is 3. The van der Waals surface area contributed by atoms with Crippen LogP contribution in [0.25, 0.3) is 0 Å². The number of H-pyrrole nitrogens is 1. The van der Waals surface area contributed by atoms with Gasteiger partial charge in [0.1, 0.15) is 29.3 Å². The van der Waals surface area contributed by atoms with Crippen LogP contribution in [0.3, 0.4) is 0 Å². The third-order valence-corrected chi connectivity index (χ3v) is 13.8. The van der Waals surface area contributed by atoms with Crippen LogP contribution < -0.4 is 26.0 Å². The summed E-state index contributed by atoms with van der Waals surface area (Å²) in [6.45, 7) is 10.6. The van der Waals surface area contributed by atoms with E-state index in [1.54, 1.807) is 14.2 Å². The topological polar surface area (TPSA) is 222 Å². The summed E-state index contributed by atoms with van der Waals surface area (Å²) < 4.78 is 76.9. The van der Waals surface area contributed by atoms with Crippen LogP contribution in [0.4, 0.5) is 4.79 Å². The maximum atomic E-state index is 14.3. The highest BCUT2D eigenvalue weighted by Gasteiger charge is 2.53. The van der Waals surface area contributed by atoms with Crippen LogP contribution in [0.2, 0.25) is 0 Å². The third kappa shape index (κ3) is 15.4. The van der Waals surface area contributed by atoms with E-state index in [0.29, 0.717) is 44.5 Å². The summed E-state index contributed by atoms with van der Waals surface area (Å²) in [5.74, 6) is 1.26. The number of aromatic amines is 1. The van der Waals surface area contributed by atoms with Crippen molar-refractivity contribution in [2.75, 3.05) is 93.4 Å². The van der Waals surface area contributed by atoms with E-state index < -0.39 is 62.1 Å². The van der Waals surface area contributed by atoms with Crippen molar-refractivity contribution in [2.24, 2.45) is 0 Å². The third-order valence-electron chi connectivity index (χ3n) is 11.6. The number of nitrogens with zero attached hydrogens (tertiary/aromatic N) is 3. The second-order valence-electron chi connectivity index (χ2n) is 17.2. The molecule has 2 unspecified atom stereocenters. The largest absolute Gasteiger partial charge is 0.497 e. The van der Waals surface area contributed by atoms with E-state index >= 15 is 0 Å². The highest BCUT2D eigenvalue weighted by molar-refractivity contribution is 7.44. The van der Waals surface area contributed by atoms with Crippen molar-refractivity contribution in [2.45, 2.75) is 82.4 Å². The van der Waals surface area contributed by atoms with Gasteiger partial charge in [-0.1, -0.05) is 54.6 Å². The monoisotopic (exact) mass is 1020 g/mol. The zero-order valence-corrected chi connectivity index (χ0v) is 42.7. The summed E-state index contributed by atoms with van der Waals surface area (Å²) in [7, 11) is 1.15. The van der Waals surface area contributed by atoms with Crippen molar-refractivity contribution in [3.05, 3.63) is 129 Å². The summed E-state index contributed by atoms with van der Waals surface area (Å²) in [5, 5.41) is 12.4. The molecule has 2 aliphatic heterocycles. The van der Waals surface area contributed by atoms with Gasteiger partial charge in [0, 0.05) is 30.9 Å². The number of alkyl carbamates (subject to hydrolysis) is 1. The molecule has 6 rings (SSSR count). The summed E-state index contributed by atoms with van der Waals surface area (Å²) in [6, 6.07) is 27.8. The van der Waals surface area contributed by atoms with Crippen molar-refractivity contribution in [3.8, 4) is 17.6 Å². The Balaban J connectivity index is 1.42. The highest BCUT2D eigenvalue weighted by Crippen LogP contribution is 2.51. The average Bonchev–Trinajstić information content (AvgIpc) is 3.70. The SMILES string of the molecule is COc1ccc(C(OC[C@H]2O[C@@H](n3ccc(=O)[nH]c3=O)[C@H](OC(=O)NCC3COCCOCCOCCOCCO3)[C@@H]2OP(OCCC#N)N(C(C)C)C(C)C)(c2ccccc2)c2ccc(OC)cc2)cc1. The van der Waals surface area contributed by atoms with E-state index in [4.69, 9.17) is 56.4 Å². The molecule has 21 heteroatoms. The number of methoxy groups -OCH3 is 2. The summed E-state index contributed by atoms with van der Waals surface area (Å²) in [6.07, 6.45) is -5.27. The van der Waals surface area contributed by atoms with E-state index in [9.17, 15) is 19.6 Å². The molecule has 1 aromatic heterocycles. The van der Waals surface area contributed by atoms with Gasteiger partial charge in [-0.25, -0.2) is 14.3 Å². The van der Waals surface area contributed by atoms with Gasteiger partial charge < -0.3 is 61.7 Å². The molecule has 6 atom stereocenters. The van der Waals surface area contributed by atoms with Gasteiger partial charge in [-0.05, 0) is 68.7 Å². The van der Waals surface area contributed by atoms with Gasteiger partial charge in [0.2, 0.25) is 0 Å².